The highest BCUT2D eigenvalue weighted by Crippen LogP contribution is 2.27. The van der Waals surface area contributed by atoms with Gasteiger partial charge in [0, 0.05) is 13.1 Å². The SMILES string of the molecule is CCNC(=O)NC(=O)COC(=O)CSc1nnc(-c2cccs2)n1CC. The van der Waals surface area contributed by atoms with Crippen molar-refractivity contribution in [3.8, 4) is 10.7 Å². The fourth-order valence-corrected chi connectivity index (χ4v) is 3.46. The van der Waals surface area contributed by atoms with E-state index in [4.69, 9.17) is 4.74 Å². The van der Waals surface area contributed by atoms with Crippen LogP contribution in [-0.4, -0.2) is 51.6 Å². The molecule has 0 aliphatic carbocycles. The summed E-state index contributed by atoms with van der Waals surface area (Å²) in [5.41, 5.74) is 0. The number of urea groups is 1. The molecule has 0 atom stereocenters. The van der Waals surface area contributed by atoms with E-state index in [2.05, 4.69) is 15.5 Å². The third-order valence-electron chi connectivity index (χ3n) is 3.05. The molecule has 3 amide bonds. The van der Waals surface area contributed by atoms with Gasteiger partial charge in [0.25, 0.3) is 5.91 Å². The fraction of sp³-hybridized carbons (Fsp3) is 0.400. The number of rotatable bonds is 8. The summed E-state index contributed by atoms with van der Waals surface area (Å²) in [4.78, 5) is 35.4. The van der Waals surface area contributed by atoms with Crippen molar-refractivity contribution in [1.29, 1.82) is 0 Å². The molecule has 0 unspecified atom stereocenters. The first-order valence-electron chi connectivity index (χ1n) is 7.88. The summed E-state index contributed by atoms with van der Waals surface area (Å²) in [5.74, 6) is -0.535. The topological polar surface area (TPSA) is 115 Å². The first-order chi connectivity index (χ1) is 12.5. The Labute approximate surface area is 158 Å². The van der Waals surface area contributed by atoms with Crippen LogP contribution < -0.4 is 10.6 Å². The smallest absolute Gasteiger partial charge is 0.321 e. The molecule has 2 N–H and O–H groups in total. The number of nitrogens with zero attached hydrogens (tertiary/aromatic N) is 3. The molecule has 0 saturated heterocycles. The zero-order valence-corrected chi connectivity index (χ0v) is 16.0. The summed E-state index contributed by atoms with van der Waals surface area (Å²) in [5, 5.41) is 15.3. The van der Waals surface area contributed by atoms with Crippen molar-refractivity contribution in [3.05, 3.63) is 17.5 Å². The summed E-state index contributed by atoms with van der Waals surface area (Å²) in [6, 6.07) is 3.27. The van der Waals surface area contributed by atoms with Gasteiger partial charge in [-0.2, -0.15) is 0 Å². The molecule has 0 aliphatic heterocycles. The Morgan fingerprint density at radius 3 is 2.77 bits per heavy atom. The van der Waals surface area contributed by atoms with Crippen LogP contribution in [0.4, 0.5) is 4.79 Å². The van der Waals surface area contributed by atoms with Crippen LogP contribution in [0.2, 0.25) is 0 Å². The predicted molar refractivity (Wildman–Crippen MR) is 97.9 cm³/mol. The first kappa shape index (κ1) is 19.9. The molecule has 140 valence electrons. The highest BCUT2D eigenvalue weighted by molar-refractivity contribution is 7.99. The van der Waals surface area contributed by atoms with E-state index in [-0.39, 0.29) is 5.75 Å². The van der Waals surface area contributed by atoms with Gasteiger partial charge in [-0.25, -0.2) is 4.79 Å². The molecule has 0 saturated carbocycles. The lowest BCUT2D eigenvalue weighted by Crippen LogP contribution is -2.41. The van der Waals surface area contributed by atoms with Gasteiger partial charge in [0.05, 0.1) is 10.6 Å². The number of nitrogens with one attached hydrogen (secondary N) is 2. The predicted octanol–water partition coefficient (Wildman–Crippen LogP) is 1.51. The quantitative estimate of drug-likeness (QED) is 0.512. The maximum absolute atomic E-state index is 11.8. The number of amides is 3. The van der Waals surface area contributed by atoms with Gasteiger partial charge < -0.3 is 14.6 Å². The molecular formula is C15H19N5O4S2. The van der Waals surface area contributed by atoms with Crippen LogP contribution in [0, 0.1) is 0 Å². The second-order valence-corrected chi connectivity index (χ2v) is 6.77. The molecule has 2 heterocycles. The number of aromatic nitrogens is 3. The van der Waals surface area contributed by atoms with Gasteiger partial charge in [-0.05, 0) is 25.3 Å². The first-order valence-corrected chi connectivity index (χ1v) is 9.74. The molecule has 0 radical (unpaired) electrons. The van der Waals surface area contributed by atoms with Crippen LogP contribution in [0.5, 0.6) is 0 Å². The number of esters is 1. The number of imide groups is 1. The van der Waals surface area contributed by atoms with Gasteiger partial charge >= 0.3 is 12.0 Å². The zero-order chi connectivity index (χ0) is 18.9. The molecule has 2 aromatic heterocycles. The van der Waals surface area contributed by atoms with E-state index in [1.165, 1.54) is 11.8 Å². The third kappa shape index (κ3) is 5.56. The summed E-state index contributed by atoms with van der Waals surface area (Å²) in [7, 11) is 0. The summed E-state index contributed by atoms with van der Waals surface area (Å²) >= 11 is 2.74. The number of thioether (sulfide) groups is 1. The molecule has 11 heteroatoms. The average molecular weight is 397 g/mol. The summed E-state index contributed by atoms with van der Waals surface area (Å²) < 4.78 is 6.76. The van der Waals surface area contributed by atoms with Crippen LogP contribution >= 0.6 is 23.1 Å². The lowest BCUT2D eigenvalue weighted by Gasteiger charge is -2.07. The van der Waals surface area contributed by atoms with Crippen molar-refractivity contribution in [2.24, 2.45) is 0 Å². The lowest BCUT2D eigenvalue weighted by molar-refractivity contribution is -0.145. The number of hydrogen-bond donors (Lipinski definition) is 2. The highest BCUT2D eigenvalue weighted by Gasteiger charge is 2.16. The molecule has 2 rings (SSSR count). The van der Waals surface area contributed by atoms with Crippen molar-refractivity contribution < 1.29 is 19.1 Å². The van der Waals surface area contributed by atoms with Gasteiger partial charge in [0.2, 0.25) is 0 Å². The number of carbonyl (C=O) groups is 3. The van der Waals surface area contributed by atoms with Crippen molar-refractivity contribution in [1.82, 2.24) is 25.4 Å². The number of hydrogen-bond acceptors (Lipinski definition) is 8. The van der Waals surface area contributed by atoms with E-state index in [0.29, 0.717) is 18.2 Å². The fourth-order valence-electron chi connectivity index (χ4n) is 1.95. The molecular weight excluding hydrogens is 378 g/mol. The molecule has 9 nitrogen and oxygen atoms in total. The third-order valence-corrected chi connectivity index (χ3v) is 4.85. The Morgan fingerprint density at radius 1 is 1.31 bits per heavy atom. The molecule has 0 spiro atoms. The Hall–Kier alpha value is -2.40. The molecule has 0 aliphatic rings. The summed E-state index contributed by atoms with van der Waals surface area (Å²) in [6.07, 6.45) is 0. The average Bonchev–Trinajstić information content (AvgIpc) is 3.26. The van der Waals surface area contributed by atoms with Crippen LogP contribution in [-0.2, 0) is 20.9 Å². The van der Waals surface area contributed by atoms with Gasteiger partial charge in [-0.15, -0.1) is 21.5 Å². The minimum Gasteiger partial charge on any atom is -0.455 e. The Kier molecular flexibility index (Phi) is 7.60. The Morgan fingerprint density at radius 2 is 2.12 bits per heavy atom. The maximum Gasteiger partial charge on any atom is 0.321 e. The van der Waals surface area contributed by atoms with Gasteiger partial charge in [0.15, 0.2) is 17.6 Å². The van der Waals surface area contributed by atoms with E-state index in [0.717, 1.165) is 10.7 Å². The van der Waals surface area contributed by atoms with E-state index < -0.39 is 24.5 Å². The number of carbonyl (C=O) groups excluding carboxylic acids is 3. The summed E-state index contributed by atoms with van der Waals surface area (Å²) in [6.45, 7) is 4.22. The number of thiophene rings is 1. The van der Waals surface area contributed by atoms with E-state index in [1.807, 2.05) is 34.3 Å². The van der Waals surface area contributed by atoms with Crippen molar-refractivity contribution in [2.45, 2.75) is 25.5 Å². The molecule has 0 bridgehead atoms. The minimum atomic E-state index is -0.689. The minimum absolute atomic E-state index is 0.0169. The van der Waals surface area contributed by atoms with Crippen molar-refractivity contribution in [3.63, 3.8) is 0 Å². The molecule has 26 heavy (non-hydrogen) atoms. The van der Waals surface area contributed by atoms with E-state index in [1.54, 1.807) is 18.3 Å². The lowest BCUT2D eigenvalue weighted by atomic mass is 10.4. The normalized spacial score (nSPS) is 10.4. The second kappa shape index (κ2) is 9.92. The maximum atomic E-state index is 11.8. The highest BCUT2D eigenvalue weighted by atomic mass is 32.2. The monoisotopic (exact) mass is 397 g/mol. The standard InChI is InChI=1S/C15H19N5O4S2/c1-3-16-14(23)17-11(21)8-24-12(22)9-26-15-19-18-13(20(15)4-2)10-6-5-7-25-10/h5-7H,3-4,8-9H2,1-2H3,(H2,16,17,21,23). The molecule has 0 aromatic carbocycles. The van der Waals surface area contributed by atoms with E-state index >= 15 is 0 Å². The van der Waals surface area contributed by atoms with Gasteiger partial charge in [0.1, 0.15) is 0 Å². The largest absolute Gasteiger partial charge is 0.455 e. The number of ether oxygens (including phenoxy) is 1. The van der Waals surface area contributed by atoms with Crippen LogP contribution in [0.25, 0.3) is 10.7 Å². The zero-order valence-electron chi connectivity index (χ0n) is 14.4. The van der Waals surface area contributed by atoms with Crippen molar-refractivity contribution in [2.75, 3.05) is 18.9 Å². The van der Waals surface area contributed by atoms with Crippen LogP contribution in [0.3, 0.4) is 0 Å². The second-order valence-electron chi connectivity index (χ2n) is 4.88. The Bertz CT molecular complexity index is 760. The van der Waals surface area contributed by atoms with Gasteiger partial charge in [-0.3, -0.25) is 14.9 Å². The van der Waals surface area contributed by atoms with Crippen LogP contribution in [0.15, 0.2) is 22.7 Å². The van der Waals surface area contributed by atoms with Crippen molar-refractivity contribution >= 4 is 41.0 Å². The van der Waals surface area contributed by atoms with E-state index in [9.17, 15) is 14.4 Å². The molecule has 0 fully saturated rings. The van der Waals surface area contributed by atoms with Crippen LogP contribution in [0.1, 0.15) is 13.8 Å². The molecule has 2 aromatic rings. The Balaban J connectivity index is 1.82. The van der Waals surface area contributed by atoms with Gasteiger partial charge in [-0.1, -0.05) is 17.8 Å².